The SMILES string of the molecule is COc1ccc(C(=O)c2c(C#N)c(N)nc(Br)c2C#N)cc1. The maximum Gasteiger partial charge on any atom is 0.195 e. The molecule has 0 saturated carbocycles. The molecule has 0 radical (unpaired) electrons. The van der Waals surface area contributed by atoms with E-state index in [-0.39, 0.29) is 27.1 Å². The second kappa shape index (κ2) is 6.25. The third-order valence-electron chi connectivity index (χ3n) is 2.98. The molecular weight excluding hydrogens is 348 g/mol. The van der Waals surface area contributed by atoms with Crippen molar-refractivity contribution in [1.29, 1.82) is 10.5 Å². The zero-order valence-corrected chi connectivity index (χ0v) is 13.0. The number of ether oxygens (including phenoxy) is 1. The number of hydrogen-bond acceptors (Lipinski definition) is 6. The summed E-state index contributed by atoms with van der Waals surface area (Å²) in [4.78, 5) is 16.5. The number of benzene rings is 1. The lowest BCUT2D eigenvalue weighted by atomic mass is 9.96. The highest BCUT2D eigenvalue weighted by molar-refractivity contribution is 9.10. The van der Waals surface area contributed by atoms with Crippen molar-refractivity contribution < 1.29 is 9.53 Å². The molecule has 0 aliphatic carbocycles. The number of halogens is 1. The van der Waals surface area contributed by atoms with Gasteiger partial charge in [0, 0.05) is 5.56 Å². The fraction of sp³-hybridized carbons (Fsp3) is 0.0667. The van der Waals surface area contributed by atoms with E-state index in [1.807, 2.05) is 12.1 Å². The molecule has 108 valence electrons. The number of carbonyl (C=O) groups excluding carboxylic acids is 1. The molecule has 2 N–H and O–H groups in total. The first-order chi connectivity index (χ1) is 10.5. The van der Waals surface area contributed by atoms with Crippen LogP contribution in [0, 0.1) is 22.7 Å². The lowest BCUT2D eigenvalue weighted by Crippen LogP contribution is -2.11. The van der Waals surface area contributed by atoms with Crippen molar-refractivity contribution in [1.82, 2.24) is 4.98 Å². The molecule has 7 heteroatoms. The molecular formula is C15H9BrN4O2. The van der Waals surface area contributed by atoms with E-state index in [1.165, 1.54) is 7.11 Å². The quantitative estimate of drug-likeness (QED) is 0.667. The molecule has 6 nitrogen and oxygen atoms in total. The van der Waals surface area contributed by atoms with Crippen molar-refractivity contribution in [3.05, 3.63) is 51.1 Å². The average Bonchev–Trinajstić information content (AvgIpc) is 2.53. The Bertz CT molecular complexity index is 794. The number of aromatic nitrogens is 1. The molecule has 0 fully saturated rings. The third-order valence-corrected chi connectivity index (χ3v) is 3.56. The van der Waals surface area contributed by atoms with Crippen LogP contribution in [0.4, 0.5) is 5.82 Å². The van der Waals surface area contributed by atoms with E-state index in [2.05, 4.69) is 20.9 Å². The molecule has 0 bridgehead atoms. The number of hydrogen-bond donors (Lipinski definition) is 1. The lowest BCUT2D eigenvalue weighted by Gasteiger charge is -2.09. The number of carbonyl (C=O) groups is 1. The van der Waals surface area contributed by atoms with Crippen LogP contribution in [0.15, 0.2) is 28.9 Å². The highest BCUT2D eigenvalue weighted by Crippen LogP contribution is 2.27. The van der Waals surface area contributed by atoms with E-state index in [1.54, 1.807) is 24.3 Å². The van der Waals surface area contributed by atoms with Gasteiger partial charge in [-0.3, -0.25) is 4.79 Å². The van der Waals surface area contributed by atoms with E-state index < -0.39 is 5.78 Å². The highest BCUT2D eigenvalue weighted by Gasteiger charge is 2.24. The molecule has 1 heterocycles. The van der Waals surface area contributed by atoms with Crippen LogP contribution in [0.5, 0.6) is 5.75 Å². The lowest BCUT2D eigenvalue weighted by molar-refractivity contribution is 0.103. The summed E-state index contributed by atoms with van der Waals surface area (Å²) in [7, 11) is 1.51. The van der Waals surface area contributed by atoms with Gasteiger partial charge in [0.25, 0.3) is 0 Å². The number of methoxy groups -OCH3 is 1. The van der Waals surface area contributed by atoms with Crippen LogP contribution in [0.1, 0.15) is 27.0 Å². The van der Waals surface area contributed by atoms with Gasteiger partial charge in [-0.2, -0.15) is 10.5 Å². The summed E-state index contributed by atoms with van der Waals surface area (Å²) in [6.45, 7) is 0. The Morgan fingerprint density at radius 2 is 1.82 bits per heavy atom. The summed E-state index contributed by atoms with van der Waals surface area (Å²) < 4.78 is 5.16. The van der Waals surface area contributed by atoms with E-state index in [9.17, 15) is 15.3 Å². The first kappa shape index (κ1) is 15.5. The van der Waals surface area contributed by atoms with Gasteiger partial charge >= 0.3 is 0 Å². The summed E-state index contributed by atoms with van der Waals surface area (Å²) in [5.74, 6) is 0.00350. The molecule has 0 saturated heterocycles. The molecule has 1 aromatic heterocycles. The van der Waals surface area contributed by atoms with E-state index >= 15 is 0 Å². The Morgan fingerprint density at radius 3 is 2.32 bits per heavy atom. The Kier molecular flexibility index (Phi) is 4.40. The third kappa shape index (κ3) is 2.62. The van der Waals surface area contributed by atoms with Crippen LogP contribution in [0.2, 0.25) is 0 Å². The van der Waals surface area contributed by atoms with E-state index in [0.29, 0.717) is 11.3 Å². The smallest absolute Gasteiger partial charge is 0.195 e. The van der Waals surface area contributed by atoms with Crippen molar-refractivity contribution in [2.75, 3.05) is 12.8 Å². The van der Waals surface area contributed by atoms with E-state index in [4.69, 9.17) is 10.5 Å². The van der Waals surface area contributed by atoms with Crippen LogP contribution < -0.4 is 10.5 Å². The zero-order valence-electron chi connectivity index (χ0n) is 11.4. The minimum atomic E-state index is -0.481. The van der Waals surface area contributed by atoms with Crippen LogP contribution in [0.25, 0.3) is 0 Å². The van der Waals surface area contributed by atoms with Gasteiger partial charge in [-0.1, -0.05) is 0 Å². The standard InChI is InChI=1S/C15H9BrN4O2/c1-22-9-4-2-8(3-5-9)13(21)12-10(6-17)14(16)20-15(19)11(12)7-18/h2-5H,1H3,(H2,19,20). The molecule has 0 unspecified atom stereocenters. The number of pyridine rings is 1. The molecule has 0 atom stereocenters. The Labute approximate surface area is 134 Å². The van der Waals surface area contributed by atoms with Crippen molar-refractivity contribution in [2.45, 2.75) is 0 Å². The van der Waals surface area contributed by atoms with Crippen LogP contribution in [0.3, 0.4) is 0 Å². The second-order valence-electron chi connectivity index (χ2n) is 4.19. The average molecular weight is 357 g/mol. The molecule has 2 rings (SSSR count). The Hall–Kier alpha value is -2.90. The van der Waals surface area contributed by atoms with Crippen LogP contribution in [-0.2, 0) is 0 Å². The monoisotopic (exact) mass is 356 g/mol. The molecule has 0 aliphatic heterocycles. The molecule has 1 aromatic carbocycles. The minimum absolute atomic E-state index is 0.0217. The predicted octanol–water partition coefficient (Wildman–Crippen LogP) is 2.41. The number of nitrogen functional groups attached to an aromatic ring is 1. The summed E-state index contributed by atoms with van der Waals surface area (Å²) in [6.07, 6.45) is 0. The van der Waals surface area contributed by atoms with Crippen LogP contribution in [-0.4, -0.2) is 17.9 Å². The Morgan fingerprint density at radius 1 is 1.23 bits per heavy atom. The molecule has 22 heavy (non-hydrogen) atoms. The first-order valence-electron chi connectivity index (χ1n) is 6.01. The second-order valence-corrected chi connectivity index (χ2v) is 4.95. The van der Waals surface area contributed by atoms with Gasteiger partial charge in [0.05, 0.1) is 18.2 Å². The minimum Gasteiger partial charge on any atom is -0.497 e. The number of nitrogens with zero attached hydrogens (tertiary/aromatic N) is 3. The van der Waals surface area contributed by atoms with Gasteiger partial charge in [-0.05, 0) is 40.2 Å². The van der Waals surface area contributed by atoms with Crippen LogP contribution >= 0.6 is 15.9 Å². The van der Waals surface area contributed by atoms with E-state index in [0.717, 1.165) is 0 Å². The maximum absolute atomic E-state index is 12.7. The zero-order chi connectivity index (χ0) is 16.3. The van der Waals surface area contributed by atoms with Gasteiger partial charge < -0.3 is 10.5 Å². The largest absolute Gasteiger partial charge is 0.497 e. The van der Waals surface area contributed by atoms with Gasteiger partial charge in [0.15, 0.2) is 5.78 Å². The van der Waals surface area contributed by atoms with Gasteiger partial charge in [0.1, 0.15) is 33.9 Å². The molecule has 2 aromatic rings. The normalized spacial score (nSPS) is 9.64. The molecule has 0 amide bonds. The fourth-order valence-electron chi connectivity index (χ4n) is 1.90. The number of nitriles is 2. The predicted molar refractivity (Wildman–Crippen MR) is 82.2 cm³/mol. The number of rotatable bonds is 3. The number of anilines is 1. The van der Waals surface area contributed by atoms with Crippen molar-refractivity contribution >= 4 is 27.5 Å². The van der Waals surface area contributed by atoms with Crippen molar-refractivity contribution in [3.8, 4) is 17.9 Å². The fourth-order valence-corrected chi connectivity index (χ4v) is 2.38. The summed E-state index contributed by atoms with van der Waals surface area (Å²) in [5, 5.41) is 18.5. The van der Waals surface area contributed by atoms with Gasteiger partial charge in [-0.25, -0.2) is 4.98 Å². The molecule has 0 aliphatic rings. The number of nitrogens with two attached hydrogens (primary N) is 1. The first-order valence-corrected chi connectivity index (χ1v) is 6.80. The topological polar surface area (TPSA) is 113 Å². The van der Waals surface area contributed by atoms with Gasteiger partial charge in [-0.15, -0.1) is 0 Å². The number of ketones is 1. The summed E-state index contributed by atoms with van der Waals surface area (Å²) >= 11 is 3.09. The van der Waals surface area contributed by atoms with Crippen molar-refractivity contribution in [3.63, 3.8) is 0 Å². The molecule has 0 spiro atoms. The Balaban J connectivity index is 2.67. The maximum atomic E-state index is 12.7. The summed E-state index contributed by atoms with van der Waals surface area (Å²) in [6, 6.07) is 10.0. The summed E-state index contributed by atoms with van der Waals surface area (Å²) in [5.41, 5.74) is 5.79. The highest BCUT2D eigenvalue weighted by atomic mass is 79.9. The van der Waals surface area contributed by atoms with Crippen molar-refractivity contribution in [2.24, 2.45) is 0 Å². The van der Waals surface area contributed by atoms with Gasteiger partial charge in [0.2, 0.25) is 0 Å².